The Morgan fingerprint density at radius 3 is 0.333 bits per heavy atom. The van der Waals surface area contributed by atoms with Gasteiger partial charge in [-0.15, -0.1) is 0 Å². The summed E-state index contributed by atoms with van der Waals surface area (Å²) in [6.45, 7) is 27.0. The van der Waals surface area contributed by atoms with Crippen LogP contribution in [0.3, 0.4) is 0 Å². The van der Waals surface area contributed by atoms with Crippen LogP contribution in [0.1, 0.15) is 64.2 Å². The molecule has 0 amide bonds. The fourth-order valence-electron chi connectivity index (χ4n) is 1.77. The van der Waals surface area contributed by atoms with Gasteiger partial charge in [-0.05, 0) is 0 Å². The van der Waals surface area contributed by atoms with Gasteiger partial charge < -0.3 is 0 Å². The van der Waals surface area contributed by atoms with E-state index in [-0.39, 0.29) is 42.1 Å². The molecule has 2 saturated carbocycles. The van der Waals surface area contributed by atoms with E-state index in [4.69, 9.17) is 27.9 Å². The molecule has 2 aliphatic carbocycles. The molecule has 0 aromatic carbocycles. The Kier molecular flexibility index (Phi) is 233. The molecule has 2 aliphatic rings. The molecular formula is C16H20O6W2. The van der Waals surface area contributed by atoms with E-state index in [1.165, 1.54) is 64.2 Å². The zero-order valence-corrected chi connectivity index (χ0v) is 19.2. The predicted molar refractivity (Wildman–Crippen MR) is 69.7 cm³/mol. The second-order valence-corrected chi connectivity index (χ2v) is 3.54. The van der Waals surface area contributed by atoms with Gasteiger partial charge in [0.2, 0.25) is 0 Å². The van der Waals surface area contributed by atoms with Crippen LogP contribution < -0.4 is 0 Å². The van der Waals surface area contributed by atoms with E-state index in [9.17, 15) is 0 Å². The summed E-state index contributed by atoms with van der Waals surface area (Å²) in [5.41, 5.74) is 0. The van der Waals surface area contributed by atoms with Crippen molar-refractivity contribution in [2.75, 3.05) is 0 Å². The average molecular weight is 676 g/mol. The quantitative estimate of drug-likeness (QED) is 0.275. The first kappa shape index (κ1) is 49.6. The maximum absolute atomic E-state index is 7.50. The topological polar surface area (TPSA) is 119 Å². The van der Waals surface area contributed by atoms with Gasteiger partial charge in [0.05, 0.1) is 0 Å². The average Bonchev–Trinajstić information content (AvgIpc) is 3.43. The molecule has 0 atom stereocenters. The van der Waals surface area contributed by atoms with Crippen molar-refractivity contribution in [3.63, 3.8) is 0 Å². The van der Waals surface area contributed by atoms with Crippen LogP contribution in [0.5, 0.6) is 0 Å². The summed E-state index contributed by atoms with van der Waals surface area (Å²) in [5.74, 6) is 0. The van der Waals surface area contributed by atoms with E-state index in [0.717, 1.165) is 0 Å². The van der Waals surface area contributed by atoms with Gasteiger partial charge in [0.15, 0.2) is 0 Å². The zero-order valence-electron chi connectivity index (χ0n) is 13.3. The van der Waals surface area contributed by atoms with Crippen LogP contribution in [0.2, 0.25) is 0 Å². The Bertz CT molecular complexity index is 189. The number of hydrogen-bond donors (Lipinski definition) is 0. The first-order valence-corrected chi connectivity index (χ1v) is 6.22. The molecule has 2 rings (SSSR count). The largest absolute Gasteiger partial charge is 0 e. The molecule has 0 heterocycles. The van der Waals surface area contributed by atoms with Crippen LogP contribution in [0, 0.1) is 39.9 Å². The van der Waals surface area contributed by atoms with E-state index in [0.29, 0.717) is 0 Å². The number of hydrogen-bond acceptors (Lipinski definition) is 0. The van der Waals surface area contributed by atoms with Gasteiger partial charge in [-0.1, -0.05) is 64.2 Å². The van der Waals surface area contributed by atoms with Gasteiger partial charge in [0, 0.05) is 42.1 Å². The van der Waals surface area contributed by atoms with Crippen LogP contribution in [-0.4, -0.2) is 0 Å². The molecule has 0 aromatic heterocycles. The molecule has 0 bridgehead atoms. The van der Waals surface area contributed by atoms with Crippen molar-refractivity contribution >= 4 is 0 Å². The van der Waals surface area contributed by atoms with Crippen molar-refractivity contribution in [3.8, 4) is 0 Å². The second kappa shape index (κ2) is 113. The summed E-state index contributed by atoms with van der Waals surface area (Å²) in [4.78, 5) is 0. The Balaban J connectivity index is -0.0000000213. The van der Waals surface area contributed by atoms with E-state index in [1.54, 1.807) is 0 Å². The van der Waals surface area contributed by atoms with Crippen LogP contribution >= 0.6 is 0 Å². The summed E-state index contributed by atoms with van der Waals surface area (Å²) < 4.78 is 45.0. The summed E-state index contributed by atoms with van der Waals surface area (Å²) in [7, 11) is 0. The smallest absolute Gasteiger partial charge is 0 e. The predicted octanol–water partition coefficient (Wildman–Crippen LogP) is 3.67. The first-order valence-electron chi connectivity index (χ1n) is 6.22. The summed E-state index contributed by atoms with van der Waals surface area (Å²) >= 11 is 0. The molecule has 24 heavy (non-hydrogen) atoms. The van der Waals surface area contributed by atoms with Crippen molar-refractivity contribution in [1.29, 1.82) is 0 Å². The van der Waals surface area contributed by atoms with Crippen LogP contribution in [-0.2, 0) is 70.0 Å². The van der Waals surface area contributed by atoms with Gasteiger partial charge in [0.25, 0.3) is 0 Å². The monoisotopic (exact) mass is 676 g/mol. The first-order chi connectivity index (χ1) is 11.0. The molecule has 0 spiro atoms. The van der Waals surface area contributed by atoms with E-state index < -0.39 is 0 Å². The van der Waals surface area contributed by atoms with Crippen molar-refractivity contribution in [2.45, 2.75) is 64.2 Å². The molecule has 6 nitrogen and oxygen atoms in total. The standard InChI is InChI=1S/2C5H10.6CO.2W/c2*1-2-4-5-3-1;6*1-2;;/h2*1-5H2;;;;;;;;. The molecular weight excluding hydrogens is 656 g/mol. The third-order valence-corrected chi connectivity index (χ3v) is 2.50. The minimum atomic E-state index is 0. The van der Waals surface area contributed by atoms with Gasteiger partial charge in [-0.2, -0.15) is 0 Å². The third-order valence-electron chi connectivity index (χ3n) is 2.50. The fourth-order valence-corrected chi connectivity index (χ4v) is 1.77. The maximum Gasteiger partial charge on any atom is 0 e. The zero-order chi connectivity index (χ0) is 19.1. The summed E-state index contributed by atoms with van der Waals surface area (Å²) in [6.07, 6.45) is 15.0. The molecule has 0 radical (unpaired) electrons. The molecule has 0 N–H and O–H groups in total. The molecule has 8 heteroatoms. The minimum Gasteiger partial charge on any atom is 0 e. The molecule has 132 valence electrons. The van der Waals surface area contributed by atoms with Gasteiger partial charge in [-0.25, -0.2) is 0 Å². The minimum absolute atomic E-state index is 0. The Morgan fingerprint density at radius 1 is 0.250 bits per heavy atom. The number of rotatable bonds is 0. The molecule has 0 unspecified atom stereocenters. The summed E-state index contributed by atoms with van der Waals surface area (Å²) in [6, 6.07) is 0. The molecule has 0 aromatic rings. The fraction of sp³-hybridized carbons (Fsp3) is 0.625. The van der Waals surface area contributed by atoms with Crippen LogP contribution in [0.4, 0.5) is 0 Å². The van der Waals surface area contributed by atoms with Gasteiger partial charge in [0.1, 0.15) is 0 Å². The summed E-state index contributed by atoms with van der Waals surface area (Å²) in [5, 5.41) is 0. The molecule has 0 aliphatic heterocycles. The van der Waals surface area contributed by atoms with Crippen molar-refractivity contribution < 1.29 is 70.0 Å². The normalized spacial score (nSPS) is 10.5. The van der Waals surface area contributed by atoms with Gasteiger partial charge >= 0.3 is 67.8 Å². The van der Waals surface area contributed by atoms with Crippen molar-refractivity contribution in [3.05, 3.63) is 39.9 Å². The van der Waals surface area contributed by atoms with E-state index in [1.807, 2.05) is 0 Å². The van der Waals surface area contributed by atoms with E-state index in [2.05, 4.69) is 39.9 Å². The maximum atomic E-state index is 7.50. The Morgan fingerprint density at radius 2 is 0.292 bits per heavy atom. The SMILES string of the molecule is C1CCCC1.C1CCCC1.[C-]#[O+].[C-]#[O+].[C-]#[O+].[C-]#[O+].[C-]#[O+].[C-]#[O+].[W].[W]. The van der Waals surface area contributed by atoms with Gasteiger partial charge in [-0.3, -0.25) is 0 Å². The second-order valence-electron chi connectivity index (χ2n) is 3.54. The van der Waals surface area contributed by atoms with E-state index >= 15 is 0 Å². The molecule has 0 saturated heterocycles. The third kappa shape index (κ3) is 98.1. The van der Waals surface area contributed by atoms with Crippen LogP contribution in [0.15, 0.2) is 0 Å². The Hall–Kier alpha value is -0.183. The molecule has 2 fully saturated rings. The Labute approximate surface area is 173 Å². The van der Waals surface area contributed by atoms with Crippen molar-refractivity contribution in [1.82, 2.24) is 0 Å². The van der Waals surface area contributed by atoms with Crippen molar-refractivity contribution in [2.24, 2.45) is 0 Å². The van der Waals surface area contributed by atoms with Crippen LogP contribution in [0.25, 0.3) is 0 Å².